The summed E-state index contributed by atoms with van der Waals surface area (Å²) in [5.74, 6) is 0.707. The average molecular weight is 433 g/mol. The Hall–Kier alpha value is -1.43. The number of nitrogens with one attached hydrogen (secondary N) is 1. The fourth-order valence-corrected chi connectivity index (χ4v) is 4.28. The Morgan fingerprint density at radius 3 is 2.63 bits per heavy atom. The van der Waals surface area contributed by atoms with Gasteiger partial charge >= 0.3 is 0 Å². The molecule has 2 aromatic rings. The van der Waals surface area contributed by atoms with Gasteiger partial charge in [-0.1, -0.05) is 46.3 Å². The minimum Gasteiger partial charge on any atom is -0.489 e. The van der Waals surface area contributed by atoms with Gasteiger partial charge in [0.1, 0.15) is 6.61 Å². The largest absolute Gasteiger partial charge is 0.489 e. The second kappa shape index (κ2) is 8.72. The fraction of sp³-hybridized carbons (Fsp3) is 0.455. The normalized spacial score (nSPS) is 23.3. The molecule has 1 aliphatic heterocycles. The predicted octanol–water partition coefficient (Wildman–Crippen LogP) is 4.58. The third-order valence-electron chi connectivity index (χ3n) is 5.61. The molecule has 0 spiro atoms. The van der Waals surface area contributed by atoms with E-state index in [2.05, 4.69) is 56.5 Å². The molecule has 5 heteroatoms. The molecule has 2 aliphatic rings. The molecule has 1 heterocycles. The molecule has 0 unspecified atom stereocenters. The third kappa shape index (κ3) is 5.09. The van der Waals surface area contributed by atoms with Crippen molar-refractivity contribution >= 4 is 15.9 Å². The van der Waals surface area contributed by atoms with E-state index in [-0.39, 0.29) is 5.82 Å². The number of hydrogen-bond acceptors (Lipinski definition) is 3. The summed E-state index contributed by atoms with van der Waals surface area (Å²) in [7, 11) is 0. The van der Waals surface area contributed by atoms with Crippen molar-refractivity contribution in [1.82, 2.24) is 10.2 Å². The maximum atomic E-state index is 13.8. The second-order valence-corrected chi connectivity index (χ2v) is 8.48. The van der Waals surface area contributed by atoms with Crippen molar-refractivity contribution in [2.45, 2.75) is 37.3 Å². The molecular weight excluding hydrogens is 407 g/mol. The lowest BCUT2D eigenvalue weighted by molar-refractivity contribution is 0.162. The van der Waals surface area contributed by atoms with Crippen LogP contribution in [-0.2, 0) is 0 Å². The molecule has 0 aromatic heterocycles. The van der Waals surface area contributed by atoms with Crippen molar-refractivity contribution in [2.75, 3.05) is 26.2 Å². The molecule has 2 atom stereocenters. The van der Waals surface area contributed by atoms with Crippen LogP contribution >= 0.6 is 15.9 Å². The number of benzene rings is 2. The Kier molecular flexibility index (Phi) is 6.11. The Labute approximate surface area is 169 Å². The summed E-state index contributed by atoms with van der Waals surface area (Å²) in [4.78, 5) is 2.41. The summed E-state index contributed by atoms with van der Waals surface area (Å²) >= 11 is 3.26. The summed E-state index contributed by atoms with van der Waals surface area (Å²) < 4.78 is 20.1. The highest BCUT2D eigenvalue weighted by Gasteiger charge is 2.39. The highest BCUT2D eigenvalue weighted by molar-refractivity contribution is 9.10. The monoisotopic (exact) mass is 432 g/mol. The molecule has 1 aliphatic carbocycles. The van der Waals surface area contributed by atoms with Gasteiger partial charge in [0.25, 0.3) is 0 Å². The van der Waals surface area contributed by atoms with Gasteiger partial charge in [0.2, 0.25) is 0 Å². The van der Waals surface area contributed by atoms with Gasteiger partial charge in [-0.15, -0.1) is 0 Å². The SMILES string of the molecule is Fc1cc(Br)ccc1OCCN1CCC(N[C@@H]2C[C@H]2c2ccccc2)CC1. The molecule has 1 saturated heterocycles. The summed E-state index contributed by atoms with van der Waals surface area (Å²) in [6.07, 6.45) is 3.60. The average Bonchev–Trinajstić information content (AvgIpc) is 3.45. The summed E-state index contributed by atoms with van der Waals surface area (Å²) in [6, 6.07) is 17.0. The van der Waals surface area contributed by atoms with E-state index in [1.165, 1.54) is 30.9 Å². The lowest BCUT2D eigenvalue weighted by Crippen LogP contribution is -2.44. The molecule has 144 valence electrons. The van der Waals surface area contributed by atoms with Gasteiger partial charge in [0.15, 0.2) is 11.6 Å². The topological polar surface area (TPSA) is 24.5 Å². The number of likely N-dealkylation sites (tertiary alicyclic amines) is 1. The van der Waals surface area contributed by atoms with Crippen molar-refractivity contribution < 1.29 is 9.13 Å². The second-order valence-electron chi connectivity index (χ2n) is 7.57. The van der Waals surface area contributed by atoms with Crippen molar-refractivity contribution in [3.05, 3.63) is 64.4 Å². The van der Waals surface area contributed by atoms with Crippen LogP contribution in [0.5, 0.6) is 5.75 Å². The van der Waals surface area contributed by atoms with Crippen molar-refractivity contribution in [3.8, 4) is 5.75 Å². The molecular formula is C22H26BrFN2O. The maximum Gasteiger partial charge on any atom is 0.166 e. The number of piperidine rings is 1. The molecule has 27 heavy (non-hydrogen) atoms. The maximum absolute atomic E-state index is 13.8. The van der Waals surface area contributed by atoms with Gasteiger partial charge in [0.05, 0.1) is 0 Å². The van der Waals surface area contributed by atoms with Gasteiger partial charge < -0.3 is 10.1 Å². The summed E-state index contributed by atoms with van der Waals surface area (Å²) in [5, 5.41) is 3.84. The van der Waals surface area contributed by atoms with Crippen molar-refractivity contribution in [3.63, 3.8) is 0 Å². The van der Waals surface area contributed by atoms with E-state index in [1.54, 1.807) is 12.1 Å². The first-order valence-electron chi connectivity index (χ1n) is 9.80. The summed E-state index contributed by atoms with van der Waals surface area (Å²) in [5.41, 5.74) is 1.46. The first kappa shape index (κ1) is 18.9. The quantitative estimate of drug-likeness (QED) is 0.692. The molecule has 1 N–H and O–H groups in total. The number of ether oxygens (including phenoxy) is 1. The standard InChI is InChI=1S/C22H26BrFN2O/c23-17-6-7-22(20(24)14-17)27-13-12-26-10-8-18(9-11-26)25-21-15-19(21)16-4-2-1-3-5-16/h1-7,14,18-19,21,25H,8-13,15H2/t19-,21+/m0/s1. The highest BCUT2D eigenvalue weighted by atomic mass is 79.9. The number of nitrogens with zero attached hydrogens (tertiary/aromatic N) is 1. The lowest BCUT2D eigenvalue weighted by Gasteiger charge is -2.32. The molecule has 2 aromatic carbocycles. The highest BCUT2D eigenvalue weighted by Crippen LogP contribution is 2.41. The zero-order valence-corrected chi connectivity index (χ0v) is 17.0. The molecule has 0 bridgehead atoms. The van der Waals surface area contributed by atoms with Crippen LogP contribution in [0.4, 0.5) is 4.39 Å². The van der Waals surface area contributed by atoms with E-state index in [4.69, 9.17) is 4.74 Å². The van der Waals surface area contributed by atoms with Crippen LogP contribution in [-0.4, -0.2) is 43.2 Å². The zero-order chi connectivity index (χ0) is 18.6. The van der Waals surface area contributed by atoms with Gasteiger partial charge in [-0.25, -0.2) is 4.39 Å². The van der Waals surface area contributed by atoms with Crippen molar-refractivity contribution in [2.24, 2.45) is 0 Å². The van der Waals surface area contributed by atoms with Gasteiger partial charge in [-0.05, 0) is 56.1 Å². The van der Waals surface area contributed by atoms with Gasteiger partial charge in [-0.2, -0.15) is 0 Å². The number of halogens is 2. The number of hydrogen-bond donors (Lipinski definition) is 1. The third-order valence-corrected chi connectivity index (χ3v) is 6.11. The van der Waals surface area contributed by atoms with Crippen LogP contribution in [0.25, 0.3) is 0 Å². The van der Waals surface area contributed by atoms with Crippen LogP contribution in [0.3, 0.4) is 0 Å². The molecule has 0 amide bonds. The van der Waals surface area contributed by atoms with E-state index in [0.717, 1.165) is 24.1 Å². The minimum atomic E-state index is -0.315. The fourth-order valence-electron chi connectivity index (χ4n) is 3.95. The van der Waals surface area contributed by atoms with E-state index in [0.29, 0.717) is 30.4 Å². The minimum absolute atomic E-state index is 0.315. The Morgan fingerprint density at radius 1 is 1.11 bits per heavy atom. The molecule has 0 radical (unpaired) electrons. The van der Waals surface area contributed by atoms with Crippen LogP contribution in [0.1, 0.15) is 30.7 Å². The molecule has 4 rings (SSSR count). The van der Waals surface area contributed by atoms with E-state index in [9.17, 15) is 4.39 Å². The van der Waals surface area contributed by atoms with Crippen LogP contribution in [0, 0.1) is 5.82 Å². The van der Waals surface area contributed by atoms with E-state index >= 15 is 0 Å². The van der Waals surface area contributed by atoms with E-state index in [1.807, 2.05) is 0 Å². The first-order chi connectivity index (χ1) is 13.2. The summed E-state index contributed by atoms with van der Waals surface area (Å²) in [6.45, 7) is 3.52. The Morgan fingerprint density at radius 2 is 1.89 bits per heavy atom. The predicted molar refractivity (Wildman–Crippen MR) is 110 cm³/mol. The Bertz CT molecular complexity index is 749. The van der Waals surface area contributed by atoms with Crippen LogP contribution in [0.15, 0.2) is 53.0 Å². The first-order valence-corrected chi connectivity index (χ1v) is 10.6. The molecule has 3 nitrogen and oxygen atoms in total. The van der Waals surface area contributed by atoms with Gasteiger partial charge in [-0.3, -0.25) is 4.90 Å². The smallest absolute Gasteiger partial charge is 0.166 e. The van der Waals surface area contributed by atoms with Crippen LogP contribution < -0.4 is 10.1 Å². The Balaban J connectivity index is 1.15. The van der Waals surface area contributed by atoms with Gasteiger partial charge in [0, 0.05) is 29.0 Å². The number of rotatable bonds is 7. The molecule has 2 fully saturated rings. The van der Waals surface area contributed by atoms with Crippen LogP contribution in [0.2, 0.25) is 0 Å². The zero-order valence-electron chi connectivity index (χ0n) is 15.4. The van der Waals surface area contributed by atoms with Crippen molar-refractivity contribution in [1.29, 1.82) is 0 Å². The van der Waals surface area contributed by atoms with E-state index < -0.39 is 0 Å². The molecule has 1 saturated carbocycles. The lowest BCUT2D eigenvalue weighted by atomic mass is 10.0.